The minimum Gasteiger partial charge on any atom is -0.478 e. The van der Waals surface area contributed by atoms with Crippen LogP contribution < -0.4 is 4.74 Å². The van der Waals surface area contributed by atoms with Crippen molar-refractivity contribution in [2.75, 3.05) is 13.7 Å². The maximum absolute atomic E-state index is 5.37. The molecule has 21 heavy (non-hydrogen) atoms. The standard InChI is InChI=1S/C17H23N3O/c1-4-16(15-8-6-7-11-18-15)20(3)13-14-9-10-17(19-12-14)21-5-2/h6-12,16H,4-5,13H2,1-3H3. The van der Waals surface area contributed by atoms with Crippen LogP contribution in [0.25, 0.3) is 0 Å². The largest absolute Gasteiger partial charge is 0.478 e. The summed E-state index contributed by atoms with van der Waals surface area (Å²) < 4.78 is 5.37. The number of hydrogen-bond donors (Lipinski definition) is 0. The summed E-state index contributed by atoms with van der Waals surface area (Å²) in [6.07, 6.45) is 4.76. The summed E-state index contributed by atoms with van der Waals surface area (Å²) in [5.74, 6) is 0.681. The molecule has 2 rings (SSSR count). The fourth-order valence-electron chi connectivity index (χ4n) is 2.46. The number of aromatic nitrogens is 2. The van der Waals surface area contributed by atoms with E-state index < -0.39 is 0 Å². The Hall–Kier alpha value is -1.94. The van der Waals surface area contributed by atoms with E-state index in [-0.39, 0.29) is 0 Å². The van der Waals surface area contributed by atoms with Gasteiger partial charge < -0.3 is 4.74 Å². The van der Waals surface area contributed by atoms with Gasteiger partial charge in [0.2, 0.25) is 5.88 Å². The van der Waals surface area contributed by atoms with Gasteiger partial charge in [0.25, 0.3) is 0 Å². The lowest BCUT2D eigenvalue weighted by Crippen LogP contribution is -2.24. The minimum atomic E-state index is 0.317. The van der Waals surface area contributed by atoms with Gasteiger partial charge in [-0.15, -0.1) is 0 Å². The zero-order chi connectivity index (χ0) is 15.1. The highest BCUT2D eigenvalue weighted by molar-refractivity contribution is 5.18. The molecule has 0 saturated carbocycles. The highest BCUT2D eigenvalue weighted by Crippen LogP contribution is 2.22. The van der Waals surface area contributed by atoms with Crippen LogP contribution in [0.3, 0.4) is 0 Å². The summed E-state index contributed by atoms with van der Waals surface area (Å²) in [4.78, 5) is 11.1. The second-order valence-corrected chi connectivity index (χ2v) is 5.03. The van der Waals surface area contributed by atoms with E-state index >= 15 is 0 Å². The molecule has 2 heterocycles. The number of ether oxygens (including phenoxy) is 1. The molecule has 0 radical (unpaired) electrons. The SMILES string of the molecule is CCOc1ccc(CN(C)C(CC)c2ccccn2)cn1. The molecular weight excluding hydrogens is 262 g/mol. The van der Waals surface area contributed by atoms with Crippen LogP contribution >= 0.6 is 0 Å². The quantitative estimate of drug-likeness (QED) is 0.781. The lowest BCUT2D eigenvalue weighted by Gasteiger charge is -2.26. The van der Waals surface area contributed by atoms with Crippen LogP contribution in [0, 0.1) is 0 Å². The summed E-state index contributed by atoms with van der Waals surface area (Å²) in [6, 6.07) is 10.4. The van der Waals surface area contributed by atoms with E-state index in [1.165, 1.54) is 5.56 Å². The summed E-state index contributed by atoms with van der Waals surface area (Å²) in [5.41, 5.74) is 2.29. The number of pyridine rings is 2. The van der Waals surface area contributed by atoms with Crippen molar-refractivity contribution in [3.05, 3.63) is 54.0 Å². The average Bonchev–Trinajstić information content (AvgIpc) is 2.51. The Morgan fingerprint density at radius 3 is 2.57 bits per heavy atom. The Balaban J connectivity index is 2.03. The Kier molecular flexibility index (Phi) is 5.69. The molecular formula is C17H23N3O. The van der Waals surface area contributed by atoms with Crippen molar-refractivity contribution in [3.63, 3.8) is 0 Å². The van der Waals surface area contributed by atoms with E-state index in [0.717, 1.165) is 18.7 Å². The summed E-state index contributed by atoms with van der Waals surface area (Å²) >= 11 is 0. The molecule has 0 spiro atoms. The van der Waals surface area contributed by atoms with Crippen LogP contribution in [0.1, 0.15) is 37.6 Å². The van der Waals surface area contributed by atoms with Gasteiger partial charge in [0, 0.05) is 25.0 Å². The van der Waals surface area contributed by atoms with Crippen LogP contribution in [0.4, 0.5) is 0 Å². The molecule has 0 fully saturated rings. The summed E-state index contributed by atoms with van der Waals surface area (Å²) in [6.45, 7) is 5.63. The minimum absolute atomic E-state index is 0.317. The first kappa shape index (κ1) is 15.4. The Morgan fingerprint density at radius 2 is 2.00 bits per heavy atom. The molecule has 1 atom stereocenters. The predicted molar refractivity (Wildman–Crippen MR) is 84.1 cm³/mol. The first-order valence-corrected chi connectivity index (χ1v) is 7.43. The van der Waals surface area contributed by atoms with Gasteiger partial charge in [-0.1, -0.05) is 19.1 Å². The average molecular weight is 285 g/mol. The van der Waals surface area contributed by atoms with Crippen LogP contribution in [0.15, 0.2) is 42.7 Å². The molecule has 0 N–H and O–H groups in total. The van der Waals surface area contributed by atoms with Gasteiger partial charge in [-0.3, -0.25) is 9.88 Å². The van der Waals surface area contributed by atoms with Gasteiger partial charge >= 0.3 is 0 Å². The molecule has 4 nitrogen and oxygen atoms in total. The van der Waals surface area contributed by atoms with Crippen molar-refractivity contribution in [1.82, 2.24) is 14.9 Å². The summed E-state index contributed by atoms with van der Waals surface area (Å²) in [5, 5.41) is 0. The van der Waals surface area contributed by atoms with E-state index in [9.17, 15) is 0 Å². The molecule has 0 aliphatic rings. The highest BCUT2D eigenvalue weighted by Gasteiger charge is 2.16. The Labute approximate surface area is 126 Å². The molecule has 0 aliphatic carbocycles. The molecule has 0 bridgehead atoms. The second kappa shape index (κ2) is 7.74. The van der Waals surface area contributed by atoms with Crippen molar-refractivity contribution in [2.45, 2.75) is 32.9 Å². The molecule has 112 valence electrons. The van der Waals surface area contributed by atoms with Gasteiger partial charge in [-0.05, 0) is 38.1 Å². The van der Waals surface area contributed by atoms with E-state index in [4.69, 9.17) is 4.74 Å². The first-order chi connectivity index (χ1) is 10.2. The smallest absolute Gasteiger partial charge is 0.213 e. The van der Waals surface area contributed by atoms with E-state index in [1.807, 2.05) is 37.5 Å². The van der Waals surface area contributed by atoms with E-state index in [0.29, 0.717) is 18.5 Å². The maximum atomic E-state index is 5.37. The fourth-order valence-corrected chi connectivity index (χ4v) is 2.46. The van der Waals surface area contributed by atoms with E-state index in [1.54, 1.807) is 0 Å². The van der Waals surface area contributed by atoms with Gasteiger partial charge in [0.1, 0.15) is 0 Å². The van der Waals surface area contributed by atoms with Crippen LogP contribution in [0.5, 0.6) is 5.88 Å². The van der Waals surface area contributed by atoms with E-state index in [2.05, 4.69) is 41.0 Å². The third-order valence-electron chi connectivity index (χ3n) is 3.47. The molecule has 4 heteroatoms. The molecule has 2 aromatic rings. The first-order valence-electron chi connectivity index (χ1n) is 7.43. The monoisotopic (exact) mass is 285 g/mol. The Morgan fingerprint density at radius 1 is 1.14 bits per heavy atom. The predicted octanol–water partition coefficient (Wildman–Crippen LogP) is 3.46. The lowest BCUT2D eigenvalue weighted by atomic mass is 10.1. The lowest BCUT2D eigenvalue weighted by molar-refractivity contribution is 0.225. The van der Waals surface area contributed by atoms with Gasteiger partial charge in [-0.25, -0.2) is 4.98 Å². The van der Waals surface area contributed by atoms with Gasteiger partial charge in [0.15, 0.2) is 0 Å². The van der Waals surface area contributed by atoms with Crippen molar-refractivity contribution >= 4 is 0 Å². The van der Waals surface area contributed by atoms with Crippen molar-refractivity contribution < 1.29 is 4.74 Å². The van der Waals surface area contributed by atoms with Crippen molar-refractivity contribution in [2.24, 2.45) is 0 Å². The van der Waals surface area contributed by atoms with Crippen LogP contribution in [-0.2, 0) is 6.54 Å². The number of hydrogen-bond acceptors (Lipinski definition) is 4. The topological polar surface area (TPSA) is 38.2 Å². The molecule has 2 aromatic heterocycles. The Bertz CT molecular complexity index is 527. The fraction of sp³-hybridized carbons (Fsp3) is 0.412. The van der Waals surface area contributed by atoms with Crippen molar-refractivity contribution in [1.29, 1.82) is 0 Å². The third-order valence-corrected chi connectivity index (χ3v) is 3.47. The zero-order valence-corrected chi connectivity index (χ0v) is 13.0. The van der Waals surface area contributed by atoms with Gasteiger partial charge in [0.05, 0.1) is 18.3 Å². The molecule has 0 aromatic carbocycles. The molecule has 0 aliphatic heterocycles. The number of nitrogens with zero attached hydrogens (tertiary/aromatic N) is 3. The molecule has 1 unspecified atom stereocenters. The summed E-state index contributed by atoms with van der Waals surface area (Å²) in [7, 11) is 2.12. The zero-order valence-electron chi connectivity index (χ0n) is 13.0. The second-order valence-electron chi connectivity index (χ2n) is 5.03. The third kappa shape index (κ3) is 4.26. The molecule has 0 saturated heterocycles. The maximum Gasteiger partial charge on any atom is 0.213 e. The van der Waals surface area contributed by atoms with Crippen molar-refractivity contribution in [3.8, 4) is 5.88 Å². The number of rotatable bonds is 7. The highest BCUT2D eigenvalue weighted by atomic mass is 16.5. The normalized spacial score (nSPS) is 12.4. The van der Waals surface area contributed by atoms with Gasteiger partial charge in [-0.2, -0.15) is 0 Å². The van der Waals surface area contributed by atoms with Crippen LogP contribution in [-0.4, -0.2) is 28.5 Å². The molecule has 0 amide bonds. The van der Waals surface area contributed by atoms with Crippen LogP contribution in [0.2, 0.25) is 0 Å².